The fraction of sp³-hybridized carbons (Fsp3) is 0.333. The van der Waals surface area contributed by atoms with Crippen LogP contribution in [0.2, 0.25) is 0 Å². The van der Waals surface area contributed by atoms with Gasteiger partial charge in [-0.25, -0.2) is 0 Å². The minimum absolute atomic E-state index is 0.289. The second-order valence-corrected chi connectivity index (χ2v) is 3.41. The number of unbranched alkanes of at least 4 members (excludes halogenated alkanes) is 1. The van der Waals surface area contributed by atoms with Crippen molar-refractivity contribution in [2.45, 2.75) is 26.2 Å². The van der Waals surface area contributed by atoms with Crippen molar-refractivity contribution in [2.75, 3.05) is 0 Å². The van der Waals surface area contributed by atoms with E-state index >= 15 is 0 Å². The molecule has 0 aliphatic carbocycles. The lowest BCUT2D eigenvalue weighted by Gasteiger charge is -1.97. The summed E-state index contributed by atoms with van der Waals surface area (Å²) in [5.41, 5.74) is 1.18. The lowest BCUT2D eigenvalue weighted by atomic mass is 10.1. The van der Waals surface area contributed by atoms with Crippen molar-refractivity contribution in [1.29, 1.82) is 0 Å². The van der Waals surface area contributed by atoms with Crippen LogP contribution in [-0.4, -0.2) is 4.92 Å². The molecule has 3 nitrogen and oxygen atoms in total. The maximum atomic E-state index is 10.7. The average molecular weight is 205 g/mol. The molecular weight excluding hydrogens is 190 g/mol. The van der Waals surface area contributed by atoms with Gasteiger partial charge in [0.25, 0.3) is 0 Å². The highest BCUT2D eigenvalue weighted by atomic mass is 16.6. The van der Waals surface area contributed by atoms with Gasteiger partial charge in [0, 0.05) is 12.5 Å². The smallest absolute Gasteiger partial charge is 0.246 e. The lowest BCUT2D eigenvalue weighted by molar-refractivity contribution is -0.426. The first-order valence-electron chi connectivity index (χ1n) is 5.14. The largest absolute Gasteiger partial charge is 0.259 e. The van der Waals surface area contributed by atoms with Crippen molar-refractivity contribution in [3.05, 3.63) is 51.7 Å². The fourth-order valence-corrected chi connectivity index (χ4v) is 1.32. The molecule has 0 saturated carbocycles. The van der Waals surface area contributed by atoms with E-state index in [9.17, 15) is 10.1 Å². The molecule has 0 heterocycles. The molecule has 15 heavy (non-hydrogen) atoms. The average Bonchev–Trinajstić information content (AvgIpc) is 2.25. The molecule has 0 aliphatic rings. The Kier molecular flexibility index (Phi) is 4.54. The van der Waals surface area contributed by atoms with Crippen molar-refractivity contribution in [2.24, 2.45) is 0 Å². The highest BCUT2D eigenvalue weighted by molar-refractivity contribution is 5.50. The number of benzene rings is 1. The zero-order chi connectivity index (χ0) is 11.1. The van der Waals surface area contributed by atoms with E-state index < -0.39 is 0 Å². The van der Waals surface area contributed by atoms with Gasteiger partial charge in [0.05, 0.1) is 4.92 Å². The second-order valence-electron chi connectivity index (χ2n) is 3.41. The first-order chi connectivity index (χ1) is 7.24. The van der Waals surface area contributed by atoms with Crippen LogP contribution >= 0.6 is 0 Å². The Bertz CT molecular complexity index is 344. The molecule has 0 N–H and O–H groups in total. The molecule has 0 fully saturated rings. The van der Waals surface area contributed by atoms with E-state index in [1.807, 2.05) is 37.3 Å². The van der Waals surface area contributed by atoms with E-state index in [2.05, 4.69) is 0 Å². The van der Waals surface area contributed by atoms with Crippen LogP contribution in [-0.2, 0) is 0 Å². The molecular formula is C12H15NO2. The Morgan fingerprint density at radius 1 is 1.40 bits per heavy atom. The van der Waals surface area contributed by atoms with E-state index in [0.29, 0.717) is 12.1 Å². The molecule has 0 bridgehead atoms. The van der Waals surface area contributed by atoms with Crippen molar-refractivity contribution >= 4 is 6.08 Å². The van der Waals surface area contributed by atoms with E-state index in [1.54, 1.807) is 6.08 Å². The molecule has 0 unspecified atom stereocenters. The summed E-state index contributed by atoms with van der Waals surface area (Å²) in [5, 5.41) is 10.7. The number of hydrogen-bond donors (Lipinski definition) is 0. The number of nitrogens with zero attached hydrogens (tertiary/aromatic N) is 1. The quantitative estimate of drug-likeness (QED) is 0.545. The minimum Gasteiger partial charge on any atom is -0.259 e. The zero-order valence-electron chi connectivity index (χ0n) is 8.85. The Morgan fingerprint density at radius 2 is 2.07 bits per heavy atom. The van der Waals surface area contributed by atoms with Crippen LogP contribution < -0.4 is 0 Å². The van der Waals surface area contributed by atoms with Crippen molar-refractivity contribution in [1.82, 2.24) is 0 Å². The second kappa shape index (κ2) is 5.96. The van der Waals surface area contributed by atoms with Gasteiger partial charge >= 0.3 is 0 Å². The van der Waals surface area contributed by atoms with Crippen LogP contribution in [0.4, 0.5) is 0 Å². The van der Waals surface area contributed by atoms with Gasteiger partial charge in [-0.05, 0) is 12.0 Å². The van der Waals surface area contributed by atoms with Gasteiger partial charge in [-0.3, -0.25) is 10.1 Å². The summed E-state index contributed by atoms with van der Waals surface area (Å²) in [4.78, 5) is 10.5. The van der Waals surface area contributed by atoms with E-state index in [1.165, 1.54) is 0 Å². The summed E-state index contributed by atoms with van der Waals surface area (Å²) in [6, 6.07) is 9.40. The minimum atomic E-state index is -0.289. The van der Waals surface area contributed by atoms with Crippen molar-refractivity contribution in [3.8, 4) is 0 Å². The Morgan fingerprint density at radius 3 is 2.60 bits per heavy atom. The number of allylic oxidation sites excluding steroid dienone is 1. The highest BCUT2D eigenvalue weighted by Crippen LogP contribution is 2.13. The van der Waals surface area contributed by atoms with Gasteiger partial charge in [-0.2, -0.15) is 0 Å². The third kappa shape index (κ3) is 3.94. The lowest BCUT2D eigenvalue weighted by Crippen LogP contribution is -1.98. The van der Waals surface area contributed by atoms with E-state index in [0.717, 1.165) is 18.4 Å². The molecule has 1 aromatic rings. The van der Waals surface area contributed by atoms with E-state index in [4.69, 9.17) is 0 Å². The predicted molar refractivity (Wildman–Crippen MR) is 60.9 cm³/mol. The van der Waals surface area contributed by atoms with Gasteiger partial charge in [-0.15, -0.1) is 0 Å². The summed E-state index contributed by atoms with van der Waals surface area (Å²) in [5.74, 6) is 0. The van der Waals surface area contributed by atoms with Gasteiger partial charge in [-0.1, -0.05) is 43.7 Å². The zero-order valence-corrected chi connectivity index (χ0v) is 8.85. The van der Waals surface area contributed by atoms with Crippen LogP contribution in [0.5, 0.6) is 0 Å². The van der Waals surface area contributed by atoms with Crippen LogP contribution in [0.15, 0.2) is 36.0 Å². The van der Waals surface area contributed by atoms with Gasteiger partial charge < -0.3 is 0 Å². The summed E-state index contributed by atoms with van der Waals surface area (Å²) >= 11 is 0. The first kappa shape index (κ1) is 11.4. The molecule has 3 heteroatoms. The van der Waals surface area contributed by atoms with Crippen molar-refractivity contribution < 1.29 is 4.92 Å². The monoisotopic (exact) mass is 205 g/mol. The normalized spacial score (nSPS) is 11.4. The molecule has 1 rings (SSSR count). The molecule has 0 saturated heterocycles. The number of nitro groups is 1. The maximum Gasteiger partial charge on any atom is 0.246 e. The summed E-state index contributed by atoms with van der Waals surface area (Å²) in [7, 11) is 0. The summed E-state index contributed by atoms with van der Waals surface area (Å²) in [6.45, 7) is 2.03. The predicted octanol–water partition coefficient (Wildman–Crippen LogP) is 3.49. The molecule has 0 aromatic heterocycles. The number of rotatable bonds is 5. The summed E-state index contributed by atoms with van der Waals surface area (Å²) in [6.07, 6.45) is 4.02. The topological polar surface area (TPSA) is 43.1 Å². The van der Waals surface area contributed by atoms with Gasteiger partial charge in [0.15, 0.2) is 0 Å². The molecule has 0 radical (unpaired) electrons. The van der Waals surface area contributed by atoms with Crippen molar-refractivity contribution in [3.63, 3.8) is 0 Å². The molecule has 0 amide bonds. The number of hydrogen-bond acceptors (Lipinski definition) is 2. The fourth-order valence-electron chi connectivity index (χ4n) is 1.32. The molecule has 0 atom stereocenters. The first-order valence-corrected chi connectivity index (χ1v) is 5.14. The van der Waals surface area contributed by atoms with Gasteiger partial charge in [0.1, 0.15) is 0 Å². The third-order valence-electron chi connectivity index (χ3n) is 2.15. The molecule has 80 valence electrons. The summed E-state index contributed by atoms with van der Waals surface area (Å²) < 4.78 is 0. The molecule has 0 spiro atoms. The third-order valence-corrected chi connectivity index (χ3v) is 2.15. The molecule has 0 aliphatic heterocycles. The molecule has 1 aromatic carbocycles. The van der Waals surface area contributed by atoms with Crippen LogP contribution in [0.1, 0.15) is 31.7 Å². The van der Waals surface area contributed by atoms with Crippen LogP contribution in [0, 0.1) is 10.1 Å². The Hall–Kier alpha value is -1.64. The van der Waals surface area contributed by atoms with Crippen LogP contribution in [0.25, 0.3) is 6.08 Å². The van der Waals surface area contributed by atoms with Gasteiger partial charge in [0.2, 0.25) is 5.70 Å². The SMILES string of the molecule is CCCCC(=Cc1ccccc1)[N+](=O)[O-]. The standard InChI is InChI=1S/C12H15NO2/c1-2-3-9-12(13(14)15)10-11-7-5-4-6-8-11/h4-8,10H,2-3,9H2,1H3. The highest BCUT2D eigenvalue weighted by Gasteiger charge is 2.09. The Labute approximate surface area is 89.6 Å². The Balaban J connectivity index is 2.79. The van der Waals surface area contributed by atoms with E-state index in [-0.39, 0.29) is 4.92 Å². The van der Waals surface area contributed by atoms with Crippen LogP contribution in [0.3, 0.4) is 0 Å². The maximum absolute atomic E-state index is 10.7.